The highest BCUT2D eigenvalue weighted by molar-refractivity contribution is 6.07. The standard InChI is InChI=1S/C19H21N3O3/c1-12-5-6-15(13(2)9-12)16-20-14(11-25-16)10-22-17(23)19(21-18(22)24)7-3-4-8-19/h5-6,9,11H,3-4,7-8,10H2,1-2H3,(H,21,24). The second-order valence-electron chi connectivity index (χ2n) is 7.07. The van der Waals surface area contributed by atoms with E-state index in [1.807, 2.05) is 26.0 Å². The molecule has 6 nitrogen and oxygen atoms in total. The van der Waals surface area contributed by atoms with E-state index < -0.39 is 5.54 Å². The quantitative estimate of drug-likeness (QED) is 0.871. The van der Waals surface area contributed by atoms with Gasteiger partial charge in [0.05, 0.1) is 12.2 Å². The van der Waals surface area contributed by atoms with E-state index in [4.69, 9.17) is 4.42 Å². The van der Waals surface area contributed by atoms with Crippen LogP contribution in [0.1, 0.15) is 42.5 Å². The molecule has 1 aliphatic carbocycles. The first kappa shape index (κ1) is 15.9. The Morgan fingerprint density at radius 3 is 2.72 bits per heavy atom. The Hall–Kier alpha value is -2.63. The Morgan fingerprint density at radius 1 is 1.24 bits per heavy atom. The van der Waals surface area contributed by atoms with Crippen LogP contribution in [0.15, 0.2) is 28.9 Å². The van der Waals surface area contributed by atoms with Crippen LogP contribution in [0, 0.1) is 13.8 Å². The van der Waals surface area contributed by atoms with Crippen LogP contribution in [-0.4, -0.2) is 27.4 Å². The number of urea groups is 1. The molecule has 0 radical (unpaired) electrons. The van der Waals surface area contributed by atoms with Gasteiger partial charge in [0.1, 0.15) is 11.8 Å². The number of oxazole rings is 1. The SMILES string of the molecule is Cc1ccc(-c2nc(CN3C(=O)NC4(CCCC4)C3=O)co2)c(C)c1. The molecule has 2 aromatic rings. The summed E-state index contributed by atoms with van der Waals surface area (Å²) in [5.41, 5.74) is 3.06. The molecule has 1 aromatic heterocycles. The minimum Gasteiger partial charge on any atom is -0.444 e. The fourth-order valence-corrected chi connectivity index (χ4v) is 3.86. The number of imide groups is 1. The molecule has 6 heteroatoms. The zero-order valence-corrected chi connectivity index (χ0v) is 14.5. The van der Waals surface area contributed by atoms with E-state index in [-0.39, 0.29) is 18.5 Å². The van der Waals surface area contributed by atoms with E-state index in [0.29, 0.717) is 11.6 Å². The summed E-state index contributed by atoms with van der Waals surface area (Å²) in [6.07, 6.45) is 4.91. The van der Waals surface area contributed by atoms with Gasteiger partial charge in [-0.15, -0.1) is 0 Å². The molecule has 1 spiro atoms. The van der Waals surface area contributed by atoms with Gasteiger partial charge >= 0.3 is 6.03 Å². The van der Waals surface area contributed by atoms with Gasteiger partial charge in [0.15, 0.2) is 0 Å². The van der Waals surface area contributed by atoms with Crippen molar-refractivity contribution < 1.29 is 14.0 Å². The molecule has 4 rings (SSSR count). The normalized spacial score (nSPS) is 19.0. The summed E-state index contributed by atoms with van der Waals surface area (Å²) in [4.78, 5) is 30.7. The van der Waals surface area contributed by atoms with Crippen molar-refractivity contribution in [1.29, 1.82) is 0 Å². The van der Waals surface area contributed by atoms with Crippen molar-refractivity contribution in [2.45, 2.75) is 51.6 Å². The fourth-order valence-electron chi connectivity index (χ4n) is 3.86. The molecule has 1 saturated heterocycles. The zero-order chi connectivity index (χ0) is 17.6. The number of amides is 3. The van der Waals surface area contributed by atoms with Crippen molar-refractivity contribution in [3.05, 3.63) is 41.3 Å². The molecule has 0 unspecified atom stereocenters. The molecule has 0 bridgehead atoms. The molecule has 2 fully saturated rings. The van der Waals surface area contributed by atoms with Gasteiger partial charge in [-0.3, -0.25) is 9.69 Å². The van der Waals surface area contributed by atoms with Gasteiger partial charge in [-0.1, -0.05) is 30.5 Å². The summed E-state index contributed by atoms with van der Waals surface area (Å²) in [6, 6.07) is 5.72. The first-order valence-corrected chi connectivity index (χ1v) is 8.65. The molecular formula is C19H21N3O3. The zero-order valence-electron chi connectivity index (χ0n) is 14.5. The molecule has 3 amide bonds. The van der Waals surface area contributed by atoms with E-state index >= 15 is 0 Å². The number of nitrogens with zero attached hydrogens (tertiary/aromatic N) is 2. The van der Waals surface area contributed by atoms with E-state index in [2.05, 4.69) is 16.4 Å². The van der Waals surface area contributed by atoms with Gasteiger partial charge < -0.3 is 9.73 Å². The van der Waals surface area contributed by atoms with Crippen LogP contribution in [0.25, 0.3) is 11.5 Å². The highest BCUT2D eigenvalue weighted by atomic mass is 16.3. The van der Waals surface area contributed by atoms with Crippen molar-refractivity contribution in [3.8, 4) is 11.5 Å². The Kier molecular flexibility index (Phi) is 3.63. The summed E-state index contributed by atoms with van der Waals surface area (Å²) >= 11 is 0. The average molecular weight is 339 g/mol. The Labute approximate surface area is 146 Å². The molecule has 0 atom stereocenters. The number of aryl methyl sites for hydroxylation is 2. The van der Waals surface area contributed by atoms with Crippen LogP contribution in [0.3, 0.4) is 0 Å². The van der Waals surface area contributed by atoms with Crippen LogP contribution in [0.2, 0.25) is 0 Å². The van der Waals surface area contributed by atoms with E-state index in [0.717, 1.165) is 36.8 Å². The van der Waals surface area contributed by atoms with Crippen LogP contribution in [0.4, 0.5) is 4.79 Å². The van der Waals surface area contributed by atoms with Gasteiger partial charge in [-0.2, -0.15) is 0 Å². The molecule has 1 saturated carbocycles. The van der Waals surface area contributed by atoms with E-state index in [1.54, 1.807) is 0 Å². The number of hydrogen-bond acceptors (Lipinski definition) is 4. The molecule has 2 heterocycles. The summed E-state index contributed by atoms with van der Waals surface area (Å²) < 4.78 is 5.59. The van der Waals surface area contributed by atoms with E-state index in [1.165, 1.54) is 16.7 Å². The third-order valence-corrected chi connectivity index (χ3v) is 5.19. The maximum absolute atomic E-state index is 12.7. The lowest BCUT2D eigenvalue weighted by atomic mass is 9.98. The second-order valence-corrected chi connectivity index (χ2v) is 7.07. The maximum atomic E-state index is 12.7. The smallest absolute Gasteiger partial charge is 0.325 e. The van der Waals surface area contributed by atoms with Crippen LogP contribution in [-0.2, 0) is 11.3 Å². The topological polar surface area (TPSA) is 75.4 Å². The van der Waals surface area contributed by atoms with Gasteiger partial charge in [-0.25, -0.2) is 9.78 Å². The van der Waals surface area contributed by atoms with Gasteiger partial charge in [0.25, 0.3) is 5.91 Å². The Morgan fingerprint density at radius 2 is 2.00 bits per heavy atom. The second kappa shape index (κ2) is 5.72. The number of benzene rings is 1. The molecule has 25 heavy (non-hydrogen) atoms. The monoisotopic (exact) mass is 339 g/mol. The summed E-state index contributed by atoms with van der Waals surface area (Å²) in [7, 11) is 0. The number of hydrogen-bond donors (Lipinski definition) is 1. The van der Waals surface area contributed by atoms with E-state index in [9.17, 15) is 9.59 Å². The van der Waals surface area contributed by atoms with Crippen molar-refractivity contribution in [3.63, 3.8) is 0 Å². The van der Waals surface area contributed by atoms with Crippen LogP contribution in [0.5, 0.6) is 0 Å². The number of rotatable bonds is 3. The first-order chi connectivity index (χ1) is 12.0. The van der Waals surface area contributed by atoms with Crippen LogP contribution < -0.4 is 5.32 Å². The van der Waals surface area contributed by atoms with Crippen molar-refractivity contribution in [2.75, 3.05) is 0 Å². The number of aromatic nitrogens is 1. The largest absolute Gasteiger partial charge is 0.444 e. The lowest BCUT2D eigenvalue weighted by molar-refractivity contribution is -0.131. The number of nitrogens with one attached hydrogen (secondary N) is 1. The van der Waals surface area contributed by atoms with Crippen molar-refractivity contribution in [2.24, 2.45) is 0 Å². The lowest BCUT2D eigenvalue weighted by Crippen LogP contribution is -2.44. The first-order valence-electron chi connectivity index (χ1n) is 8.65. The minimum atomic E-state index is -0.683. The molecular weight excluding hydrogens is 318 g/mol. The average Bonchev–Trinajstić information content (AvgIpc) is 3.26. The highest BCUT2D eigenvalue weighted by Crippen LogP contribution is 2.35. The Bertz CT molecular complexity index is 849. The van der Waals surface area contributed by atoms with Crippen molar-refractivity contribution in [1.82, 2.24) is 15.2 Å². The van der Waals surface area contributed by atoms with Crippen molar-refractivity contribution >= 4 is 11.9 Å². The summed E-state index contributed by atoms with van der Waals surface area (Å²) in [6.45, 7) is 4.18. The predicted octanol–water partition coefficient (Wildman–Crippen LogP) is 3.32. The van der Waals surface area contributed by atoms with Gasteiger partial charge in [-0.05, 0) is 38.3 Å². The highest BCUT2D eigenvalue weighted by Gasteiger charge is 2.52. The summed E-state index contributed by atoms with van der Waals surface area (Å²) in [5, 5.41) is 2.88. The fraction of sp³-hybridized carbons (Fsp3) is 0.421. The molecule has 1 aliphatic heterocycles. The lowest BCUT2D eigenvalue weighted by Gasteiger charge is -2.19. The summed E-state index contributed by atoms with van der Waals surface area (Å²) in [5.74, 6) is 0.376. The molecule has 1 N–H and O–H groups in total. The maximum Gasteiger partial charge on any atom is 0.325 e. The number of carbonyl (C=O) groups excluding carboxylic acids is 2. The minimum absolute atomic E-state index is 0.133. The Balaban J connectivity index is 1.55. The third kappa shape index (κ3) is 2.62. The molecule has 130 valence electrons. The predicted molar refractivity (Wildman–Crippen MR) is 91.7 cm³/mol. The van der Waals surface area contributed by atoms with Gasteiger partial charge in [0, 0.05) is 5.56 Å². The molecule has 1 aromatic carbocycles. The van der Waals surface area contributed by atoms with Crippen LogP contribution >= 0.6 is 0 Å². The van der Waals surface area contributed by atoms with Gasteiger partial charge in [0.2, 0.25) is 5.89 Å². The number of carbonyl (C=O) groups is 2. The molecule has 2 aliphatic rings. The third-order valence-electron chi connectivity index (χ3n) is 5.19.